The first-order chi connectivity index (χ1) is 7.08. The summed E-state index contributed by atoms with van der Waals surface area (Å²) in [6.45, 7) is 8.90. The molecule has 0 spiro atoms. The average Bonchev–Trinajstić information content (AvgIpc) is 2.59. The molecule has 0 aromatic carbocycles. The van der Waals surface area contributed by atoms with E-state index in [0.29, 0.717) is 11.8 Å². The van der Waals surface area contributed by atoms with E-state index in [9.17, 15) is 0 Å². The molecule has 0 saturated heterocycles. The maximum Gasteiger partial charge on any atom is 0.175 e. The quantitative estimate of drug-likeness (QED) is 0.723. The summed E-state index contributed by atoms with van der Waals surface area (Å²) in [6, 6.07) is 0. The van der Waals surface area contributed by atoms with Gasteiger partial charge in [0.1, 0.15) is 0 Å². The fourth-order valence-corrected chi connectivity index (χ4v) is 3.76. The minimum Gasteiger partial charge on any atom is -0.131 e. The van der Waals surface area contributed by atoms with Crippen molar-refractivity contribution < 1.29 is 0 Å². The van der Waals surface area contributed by atoms with Crippen molar-refractivity contribution in [3.63, 3.8) is 0 Å². The lowest BCUT2D eigenvalue weighted by Crippen LogP contribution is -1.89. The molecule has 1 aromatic heterocycles. The van der Waals surface area contributed by atoms with Crippen molar-refractivity contribution in [2.75, 3.05) is 11.5 Å². The molecule has 0 unspecified atom stereocenters. The van der Waals surface area contributed by atoms with Crippen molar-refractivity contribution in [2.24, 2.45) is 11.8 Å². The Morgan fingerprint density at radius 3 is 1.67 bits per heavy atom. The Morgan fingerprint density at radius 1 is 0.933 bits per heavy atom. The van der Waals surface area contributed by atoms with Gasteiger partial charge in [0.15, 0.2) is 8.68 Å². The summed E-state index contributed by atoms with van der Waals surface area (Å²) < 4.78 is 2.21. The van der Waals surface area contributed by atoms with Gasteiger partial charge in [0, 0.05) is 11.5 Å². The largest absolute Gasteiger partial charge is 0.175 e. The van der Waals surface area contributed by atoms with Crippen molar-refractivity contribution in [1.82, 2.24) is 10.2 Å². The minimum absolute atomic E-state index is 0.714. The monoisotopic (exact) mass is 262 g/mol. The molecule has 2 nitrogen and oxygen atoms in total. The standard InChI is InChI=1S/C10H18N2S3/c1-7(2)5-13-9-11-12-10(15-9)14-6-8(3)4/h7-8H,5-6H2,1-4H3. The lowest BCUT2D eigenvalue weighted by Gasteiger charge is -2.00. The van der Waals surface area contributed by atoms with Crippen molar-refractivity contribution in [3.8, 4) is 0 Å². The zero-order valence-electron chi connectivity index (χ0n) is 9.69. The van der Waals surface area contributed by atoms with Gasteiger partial charge >= 0.3 is 0 Å². The van der Waals surface area contributed by atoms with Crippen LogP contribution in [-0.4, -0.2) is 21.7 Å². The first-order valence-electron chi connectivity index (χ1n) is 5.17. The van der Waals surface area contributed by atoms with Crippen LogP contribution >= 0.6 is 34.9 Å². The normalized spacial score (nSPS) is 11.6. The molecule has 1 aromatic rings. The Labute approximate surface area is 105 Å². The van der Waals surface area contributed by atoms with Gasteiger partial charge in [-0.2, -0.15) is 0 Å². The molecular weight excluding hydrogens is 244 g/mol. The lowest BCUT2D eigenvalue weighted by atomic mass is 10.3. The van der Waals surface area contributed by atoms with Crippen molar-refractivity contribution in [1.29, 1.82) is 0 Å². The van der Waals surface area contributed by atoms with Gasteiger partial charge < -0.3 is 0 Å². The second-order valence-electron chi connectivity index (χ2n) is 4.24. The van der Waals surface area contributed by atoms with Gasteiger partial charge in [-0.1, -0.05) is 62.6 Å². The highest BCUT2D eigenvalue weighted by atomic mass is 32.2. The van der Waals surface area contributed by atoms with E-state index in [1.165, 1.54) is 0 Å². The van der Waals surface area contributed by atoms with Crippen LogP contribution in [0.1, 0.15) is 27.7 Å². The molecule has 0 fully saturated rings. The van der Waals surface area contributed by atoms with E-state index in [4.69, 9.17) is 0 Å². The second-order valence-corrected chi connectivity index (χ2v) is 7.76. The summed E-state index contributed by atoms with van der Waals surface area (Å²) in [5.74, 6) is 3.68. The Morgan fingerprint density at radius 2 is 1.33 bits per heavy atom. The van der Waals surface area contributed by atoms with Crippen LogP contribution in [0.4, 0.5) is 0 Å². The predicted molar refractivity (Wildman–Crippen MR) is 71.0 cm³/mol. The molecule has 0 aliphatic rings. The van der Waals surface area contributed by atoms with Gasteiger partial charge in [-0.25, -0.2) is 0 Å². The SMILES string of the molecule is CC(C)CSc1nnc(SCC(C)C)s1. The zero-order valence-corrected chi connectivity index (χ0v) is 12.1. The van der Waals surface area contributed by atoms with Crippen LogP contribution < -0.4 is 0 Å². The summed E-state index contributed by atoms with van der Waals surface area (Å²) in [4.78, 5) is 0. The van der Waals surface area contributed by atoms with Crippen LogP contribution in [0.25, 0.3) is 0 Å². The smallest absolute Gasteiger partial charge is 0.131 e. The number of nitrogens with zero attached hydrogens (tertiary/aromatic N) is 2. The third kappa shape index (κ3) is 5.78. The van der Waals surface area contributed by atoms with Gasteiger partial charge in [0.2, 0.25) is 0 Å². The fraction of sp³-hybridized carbons (Fsp3) is 0.800. The summed E-state index contributed by atoms with van der Waals surface area (Å²) in [5.41, 5.74) is 0. The lowest BCUT2D eigenvalue weighted by molar-refractivity contribution is 0.748. The van der Waals surface area contributed by atoms with E-state index in [1.54, 1.807) is 11.3 Å². The van der Waals surface area contributed by atoms with Crippen LogP contribution in [0.2, 0.25) is 0 Å². The molecule has 0 N–H and O–H groups in total. The molecule has 0 amide bonds. The Hall–Kier alpha value is 0.260. The van der Waals surface area contributed by atoms with Crippen molar-refractivity contribution in [3.05, 3.63) is 0 Å². The molecule has 0 atom stereocenters. The van der Waals surface area contributed by atoms with Crippen molar-refractivity contribution >= 4 is 34.9 Å². The molecular formula is C10H18N2S3. The summed E-state index contributed by atoms with van der Waals surface area (Å²) in [5, 5.41) is 8.35. The highest BCUT2D eigenvalue weighted by molar-refractivity contribution is 8.03. The van der Waals surface area contributed by atoms with E-state index >= 15 is 0 Å². The molecule has 0 saturated carbocycles. The van der Waals surface area contributed by atoms with Crippen LogP contribution in [0, 0.1) is 11.8 Å². The van der Waals surface area contributed by atoms with Gasteiger partial charge in [0.05, 0.1) is 0 Å². The van der Waals surface area contributed by atoms with E-state index in [1.807, 2.05) is 23.5 Å². The van der Waals surface area contributed by atoms with Gasteiger partial charge in [0.25, 0.3) is 0 Å². The number of rotatable bonds is 6. The number of aromatic nitrogens is 2. The van der Waals surface area contributed by atoms with E-state index in [2.05, 4.69) is 37.9 Å². The Balaban J connectivity index is 2.35. The average molecular weight is 262 g/mol. The Bertz CT molecular complexity index is 257. The molecule has 1 heterocycles. The topological polar surface area (TPSA) is 25.8 Å². The highest BCUT2D eigenvalue weighted by Crippen LogP contribution is 2.30. The molecule has 86 valence electrons. The van der Waals surface area contributed by atoms with Crippen LogP contribution in [-0.2, 0) is 0 Å². The number of hydrogen-bond acceptors (Lipinski definition) is 5. The minimum atomic E-state index is 0.714. The van der Waals surface area contributed by atoms with Crippen LogP contribution in [0.5, 0.6) is 0 Å². The van der Waals surface area contributed by atoms with Crippen LogP contribution in [0.3, 0.4) is 0 Å². The molecule has 1 rings (SSSR count). The first-order valence-corrected chi connectivity index (χ1v) is 7.95. The van der Waals surface area contributed by atoms with E-state index < -0.39 is 0 Å². The third-order valence-corrected chi connectivity index (χ3v) is 5.51. The third-order valence-electron chi connectivity index (χ3n) is 1.47. The number of thioether (sulfide) groups is 2. The second kappa shape index (κ2) is 6.76. The molecule has 5 heteroatoms. The molecule has 0 bridgehead atoms. The van der Waals surface area contributed by atoms with Gasteiger partial charge in [-0.15, -0.1) is 10.2 Å². The maximum absolute atomic E-state index is 4.18. The first kappa shape index (κ1) is 13.3. The molecule has 0 aliphatic carbocycles. The summed E-state index contributed by atoms with van der Waals surface area (Å²) in [7, 11) is 0. The van der Waals surface area contributed by atoms with Gasteiger partial charge in [-0.3, -0.25) is 0 Å². The Kier molecular flexibility index (Phi) is 6.00. The van der Waals surface area contributed by atoms with E-state index in [0.717, 1.165) is 20.2 Å². The highest BCUT2D eigenvalue weighted by Gasteiger charge is 2.06. The summed E-state index contributed by atoms with van der Waals surface area (Å²) in [6.07, 6.45) is 0. The molecule has 15 heavy (non-hydrogen) atoms. The summed E-state index contributed by atoms with van der Waals surface area (Å²) >= 11 is 5.35. The van der Waals surface area contributed by atoms with Crippen molar-refractivity contribution in [2.45, 2.75) is 36.4 Å². The molecule has 0 radical (unpaired) electrons. The zero-order chi connectivity index (χ0) is 11.3. The molecule has 0 aliphatic heterocycles. The fourth-order valence-electron chi connectivity index (χ4n) is 0.790. The van der Waals surface area contributed by atoms with Crippen LogP contribution in [0.15, 0.2) is 8.68 Å². The van der Waals surface area contributed by atoms with E-state index in [-0.39, 0.29) is 0 Å². The number of hydrogen-bond donors (Lipinski definition) is 0. The maximum atomic E-state index is 4.18. The van der Waals surface area contributed by atoms with Gasteiger partial charge in [-0.05, 0) is 11.8 Å². The predicted octanol–water partition coefficient (Wildman–Crippen LogP) is 4.03.